The van der Waals surface area contributed by atoms with Gasteiger partial charge in [-0.05, 0) is 24.8 Å². The molecule has 2 rings (SSSR count). The smallest absolute Gasteiger partial charge is 0.129 e. The van der Waals surface area contributed by atoms with Crippen LogP contribution in [-0.4, -0.2) is 9.97 Å². The van der Waals surface area contributed by atoms with Gasteiger partial charge in [-0.3, -0.25) is 0 Å². The van der Waals surface area contributed by atoms with Crippen LogP contribution in [0.5, 0.6) is 0 Å². The summed E-state index contributed by atoms with van der Waals surface area (Å²) in [7, 11) is 0. The Balaban J connectivity index is 2.35. The first-order valence-electron chi connectivity index (χ1n) is 4.81. The number of nitrogens with zero attached hydrogens (tertiary/aromatic N) is 1. The zero-order valence-corrected chi connectivity index (χ0v) is 8.82. The van der Waals surface area contributed by atoms with E-state index < -0.39 is 0 Å². The van der Waals surface area contributed by atoms with Crippen molar-refractivity contribution in [1.82, 2.24) is 9.97 Å². The molecule has 1 aliphatic carbocycles. The van der Waals surface area contributed by atoms with E-state index in [2.05, 4.69) is 23.8 Å². The number of aromatic amines is 1. The Bertz CT molecular complexity index is 369. The van der Waals surface area contributed by atoms with Crippen LogP contribution in [0.15, 0.2) is 6.07 Å². The van der Waals surface area contributed by atoms with Crippen LogP contribution in [0.25, 0.3) is 0 Å². The van der Waals surface area contributed by atoms with Gasteiger partial charge in [0.1, 0.15) is 10.5 Å². The molecule has 1 aliphatic rings. The fraction of sp³-hybridized carbons (Fsp3) is 0.600. The molecule has 0 spiro atoms. The number of nitrogens with one attached hydrogen (secondary N) is 1. The summed E-state index contributed by atoms with van der Waals surface area (Å²) in [6.07, 6.45) is 2.26. The van der Waals surface area contributed by atoms with Crippen LogP contribution in [-0.2, 0) is 6.42 Å². The lowest BCUT2D eigenvalue weighted by atomic mass is 10.3. The van der Waals surface area contributed by atoms with Crippen molar-refractivity contribution in [2.45, 2.75) is 32.6 Å². The molecule has 2 unspecified atom stereocenters. The average Bonchev–Trinajstić information content (AvgIpc) is 2.81. The van der Waals surface area contributed by atoms with E-state index >= 15 is 0 Å². The summed E-state index contributed by atoms with van der Waals surface area (Å²) in [5, 5.41) is 0. The molecule has 1 aromatic rings. The van der Waals surface area contributed by atoms with Gasteiger partial charge < -0.3 is 4.98 Å². The van der Waals surface area contributed by atoms with E-state index in [9.17, 15) is 0 Å². The van der Waals surface area contributed by atoms with Crippen LogP contribution in [0, 0.1) is 10.6 Å². The number of hydrogen-bond donors (Lipinski definition) is 1. The van der Waals surface area contributed by atoms with Gasteiger partial charge in [0.2, 0.25) is 0 Å². The maximum atomic E-state index is 5.11. The molecule has 2 nitrogen and oxygen atoms in total. The first kappa shape index (κ1) is 8.88. The van der Waals surface area contributed by atoms with E-state index in [1.54, 1.807) is 0 Å². The van der Waals surface area contributed by atoms with E-state index in [0.717, 1.165) is 22.8 Å². The quantitative estimate of drug-likeness (QED) is 0.733. The molecule has 0 bridgehead atoms. The number of rotatable bonds is 2. The highest BCUT2D eigenvalue weighted by Crippen LogP contribution is 2.45. The summed E-state index contributed by atoms with van der Waals surface area (Å²) < 4.78 is 0.727. The van der Waals surface area contributed by atoms with Crippen LogP contribution in [0.3, 0.4) is 0 Å². The molecule has 1 saturated carbocycles. The molecule has 1 fully saturated rings. The van der Waals surface area contributed by atoms with Gasteiger partial charge in [0, 0.05) is 11.6 Å². The van der Waals surface area contributed by atoms with Crippen LogP contribution in [0.1, 0.15) is 37.7 Å². The van der Waals surface area contributed by atoms with E-state index in [-0.39, 0.29) is 0 Å². The zero-order valence-electron chi connectivity index (χ0n) is 8.00. The number of hydrogen-bond acceptors (Lipinski definition) is 2. The highest BCUT2D eigenvalue weighted by Gasteiger charge is 2.36. The van der Waals surface area contributed by atoms with E-state index in [4.69, 9.17) is 12.2 Å². The minimum Gasteiger partial charge on any atom is -0.347 e. The first-order valence-corrected chi connectivity index (χ1v) is 5.21. The SMILES string of the molecule is CCc1cc(=S)nc(C2CC2C)[nH]1. The number of aromatic nitrogens is 2. The van der Waals surface area contributed by atoms with Gasteiger partial charge >= 0.3 is 0 Å². The van der Waals surface area contributed by atoms with E-state index in [1.807, 2.05) is 6.07 Å². The van der Waals surface area contributed by atoms with Gasteiger partial charge in [-0.25, -0.2) is 4.98 Å². The van der Waals surface area contributed by atoms with E-state index in [0.29, 0.717) is 5.92 Å². The molecule has 2 atom stereocenters. The number of aryl methyl sites for hydroxylation is 1. The third-order valence-corrected chi connectivity index (χ3v) is 2.87. The second-order valence-electron chi connectivity index (χ2n) is 3.80. The molecule has 1 aromatic heterocycles. The van der Waals surface area contributed by atoms with Crippen molar-refractivity contribution in [1.29, 1.82) is 0 Å². The maximum absolute atomic E-state index is 5.11. The van der Waals surface area contributed by atoms with Crippen LogP contribution in [0.2, 0.25) is 0 Å². The molecule has 70 valence electrons. The highest BCUT2D eigenvalue weighted by atomic mass is 32.1. The zero-order chi connectivity index (χ0) is 9.42. The monoisotopic (exact) mass is 194 g/mol. The van der Waals surface area contributed by atoms with Crippen molar-refractivity contribution in [3.05, 3.63) is 22.2 Å². The predicted molar refractivity (Wildman–Crippen MR) is 55.3 cm³/mol. The summed E-state index contributed by atoms with van der Waals surface area (Å²) >= 11 is 5.11. The van der Waals surface area contributed by atoms with Gasteiger partial charge in [-0.1, -0.05) is 26.1 Å². The molecule has 0 saturated heterocycles. The van der Waals surface area contributed by atoms with Gasteiger partial charge in [0.25, 0.3) is 0 Å². The first-order chi connectivity index (χ1) is 6.20. The lowest BCUT2D eigenvalue weighted by Gasteiger charge is -2.02. The molecule has 0 aromatic carbocycles. The second kappa shape index (κ2) is 3.22. The minimum absolute atomic E-state index is 0.633. The summed E-state index contributed by atoms with van der Waals surface area (Å²) in [6.45, 7) is 4.38. The molecule has 3 heteroatoms. The molecule has 0 radical (unpaired) electrons. The van der Waals surface area contributed by atoms with Crippen molar-refractivity contribution in [2.24, 2.45) is 5.92 Å². The van der Waals surface area contributed by atoms with Crippen molar-refractivity contribution in [2.75, 3.05) is 0 Å². The lowest BCUT2D eigenvalue weighted by Crippen LogP contribution is -1.97. The highest BCUT2D eigenvalue weighted by molar-refractivity contribution is 7.71. The molecular formula is C10H14N2S. The van der Waals surface area contributed by atoms with Gasteiger partial charge in [-0.15, -0.1) is 0 Å². The van der Waals surface area contributed by atoms with Crippen molar-refractivity contribution >= 4 is 12.2 Å². The molecule has 13 heavy (non-hydrogen) atoms. The minimum atomic E-state index is 0.633. The third kappa shape index (κ3) is 1.80. The largest absolute Gasteiger partial charge is 0.347 e. The van der Waals surface area contributed by atoms with Crippen molar-refractivity contribution in [3.8, 4) is 0 Å². The molecule has 1 N–H and O–H groups in total. The van der Waals surface area contributed by atoms with Gasteiger partial charge in [0.15, 0.2) is 0 Å². The molecule has 0 aliphatic heterocycles. The Labute approximate surface area is 83.4 Å². The van der Waals surface area contributed by atoms with Crippen LogP contribution < -0.4 is 0 Å². The molecule has 1 heterocycles. The van der Waals surface area contributed by atoms with Gasteiger partial charge in [-0.2, -0.15) is 0 Å². The van der Waals surface area contributed by atoms with Crippen LogP contribution >= 0.6 is 12.2 Å². The van der Waals surface area contributed by atoms with E-state index in [1.165, 1.54) is 12.1 Å². The average molecular weight is 194 g/mol. The molecule has 0 amide bonds. The summed E-state index contributed by atoms with van der Waals surface area (Å²) in [6, 6.07) is 1.95. The van der Waals surface area contributed by atoms with Gasteiger partial charge in [0.05, 0.1) is 0 Å². The predicted octanol–water partition coefficient (Wildman–Crippen LogP) is 2.82. The second-order valence-corrected chi connectivity index (χ2v) is 4.22. The molecular weight excluding hydrogens is 180 g/mol. The fourth-order valence-corrected chi connectivity index (χ4v) is 1.84. The van der Waals surface area contributed by atoms with Crippen molar-refractivity contribution in [3.63, 3.8) is 0 Å². The maximum Gasteiger partial charge on any atom is 0.129 e. The van der Waals surface area contributed by atoms with Crippen molar-refractivity contribution < 1.29 is 0 Å². The topological polar surface area (TPSA) is 28.7 Å². The fourth-order valence-electron chi connectivity index (χ4n) is 1.60. The number of H-pyrrole nitrogens is 1. The summed E-state index contributed by atoms with van der Waals surface area (Å²) in [5.41, 5.74) is 1.20. The Morgan fingerprint density at radius 2 is 2.38 bits per heavy atom. The standard InChI is InChI=1S/C10H14N2S/c1-3-7-5-9(13)12-10(11-7)8-4-6(8)2/h5-6,8H,3-4H2,1-2H3,(H,11,12,13). The summed E-state index contributed by atoms with van der Waals surface area (Å²) in [5.74, 6) is 2.51. The summed E-state index contributed by atoms with van der Waals surface area (Å²) in [4.78, 5) is 7.70. The van der Waals surface area contributed by atoms with Crippen LogP contribution in [0.4, 0.5) is 0 Å². The Morgan fingerprint density at radius 1 is 1.69 bits per heavy atom. The normalized spacial score (nSPS) is 26.0. The Hall–Kier alpha value is -0.700. The third-order valence-electron chi connectivity index (χ3n) is 2.66. The lowest BCUT2D eigenvalue weighted by molar-refractivity contribution is 0.817. The Morgan fingerprint density at radius 3 is 2.92 bits per heavy atom. The Kier molecular flexibility index (Phi) is 2.20.